The zero-order chi connectivity index (χ0) is 16.9. The SMILES string of the molecule is Nc1ncc(Br)cc1S(=O)(=O)NCCC(=O)N1CCCCCC1. The lowest BCUT2D eigenvalue weighted by atomic mass is 10.2. The van der Waals surface area contributed by atoms with Gasteiger partial charge in [0.05, 0.1) is 0 Å². The van der Waals surface area contributed by atoms with E-state index in [1.165, 1.54) is 12.3 Å². The average Bonchev–Trinajstić information content (AvgIpc) is 2.78. The van der Waals surface area contributed by atoms with E-state index < -0.39 is 10.0 Å². The summed E-state index contributed by atoms with van der Waals surface area (Å²) in [7, 11) is -3.79. The molecule has 128 valence electrons. The van der Waals surface area contributed by atoms with Crippen LogP contribution in [0.5, 0.6) is 0 Å². The molecule has 1 saturated heterocycles. The number of nitrogens with one attached hydrogen (secondary N) is 1. The molecule has 0 aliphatic carbocycles. The zero-order valence-corrected chi connectivity index (χ0v) is 15.2. The van der Waals surface area contributed by atoms with Crippen LogP contribution in [0, 0.1) is 0 Å². The summed E-state index contributed by atoms with van der Waals surface area (Å²) in [5.74, 6) is -0.0884. The number of nitrogens with zero attached hydrogens (tertiary/aromatic N) is 2. The first-order chi connectivity index (χ1) is 10.9. The van der Waals surface area contributed by atoms with Crippen LogP contribution in [0.25, 0.3) is 0 Å². The molecule has 1 amide bonds. The predicted molar refractivity (Wildman–Crippen MR) is 91.2 cm³/mol. The monoisotopic (exact) mass is 404 g/mol. The first kappa shape index (κ1) is 18.2. The Kier molecular flexibility index (Phi) is 6.37. The Labute approximate surface area is 144 Å². The van der Waals surface area contributed by atoms with Crippen molar-refractivity contribution in [3.8, 4) is 0 Å². The highest BCUT2D eigenvalue weighted by atomic mass is 79.9. The summed E-state index contributed by atoms with van der Waals surface area (Å²) in [6.45, 7) is 1.56. The molecule has 3 N–H and O–H groups in total. The highest BCUT2D eigenvalue weighted by Gasteiger charge is 2.20. The number of carbonyl (C=O) groups is 1. The van der Waals surface area contributed by atoms with Crippen molar-refractivity contribution in [2.45, 2.75) is 37.0 Å². The van der Waals surface area contributed by atoms with Gasteiger partial charge in [-0.1, -0.05) is 12.8 Å². The second-order valence-corrected chi connectivity index (χ2v) is 8.13. The van der Waals surface area contributed by atoms with Crippen molar-refractivity contribution in [1.82, 2.24) is 14.6 Å². The van der Waals surface area contributed by atoms with E-state index in [0.717, 1.165) is 38.8 Å². The Balaban J connectivity index is 1.91. The number of sulfonamides is 1. The van der Waals surface area contributed by atoms with Crippen LogP contribution in [-0.2, 0) is 14.8 Å². The number of hydrogen-bond donors (Lipinski definition) is 2. The standard InChI is InChI=1S/C14H21BrN4O3S/c15-11-9-12(14(16)17-10-11)23(21,22)18-6-5-13(20)19-7-3-1-2-4-8-19/h9-10,18H,1-8H2,(H2,16,17). The minimum atomic E-state index is -3.79. The molecule has 0 aromatic carbocycles. The van der Waals surface area contributed by atoms with Gasteiger partial charge >= 0.3 is 0 Å². The van der Waals surface area contributed by atoms with Crippen molar-refractivity contribution in [3.63, 3.8) is 0 Å². The van der Waals surface area contributed by atoms with Crippen molar-refractivity contribution in [1.29, 1.82) is 0 Å². The van der Waals surface area contributed by atoms with E-state index in [9.17, 15) is 13.2 Å². The fourth-order valence-electron chi connectivity index (χ4n) is 2.49. The molecule has 7 nitrogen and oxygen atoms in total. The number of pyridine rings is 1. The Morgan fingerprint density at radius 2 is 1.96 bits per heavy atom. The summed E-state index contributed by atoms with van der Waals surface area (Å²) < 4.78 is 27.4. The number of nitrogen functional groups attached to an aromatic ring is 1. The van der Waals surface area contributed by atoms with Crippen molar-refractivity contribution in [2.75, 3.05) is 25.4 Å². The van der Waals surface area contributed by atoms with Gasteiger partial charge in [-0.2, -0.15) is 0 Å². The molecule has 0 radical (unpaired) electrons. The molecule has 1 aromatic heterocycles. The first-order valence-corrected chi connectivity index (χ1v) is 9.86. The average molecular weight is 405 g/mol. The van der Waals surface area contributed by atoms with Gasteiger partial charge in [-0.25, -0.2) is 18.1 Å². The number of halogens is 1. The molecular formula is C14H21BrN4O3S. The van der Waals surface area contributed by atoms with Crippen LogP contribution in [0.1, 0.15) is 32.1 Å². The van der Waals surface area contributed by atoms with E-state index in [4.69, 9.17) is 5.73 Å². The minimum Gasteiger partial charge on any atom is -0.383 e. The molecule has 23 heavy (non-hydrogen) atoms. The van der Waals surface area contributed by atoms with E-state index in [2.05, 4.69) is 25.6 Å². The molecule has 0 bridgehead atoms. The fourth-order valence-corrected chi connectivity index (χ4v) is 4.11. The molecule has 0 unspecified atom stereocenters. The molecule has 0 spiro atoms. The minimum absolute atomic E-state index is 0.0186. The fraction of sp³-hybridized carbons (Fsp3) is 0.571. The van der Waals surface area contributed by atoms with E-state index in [1.807, 2.05) is 4.90 Å². The first-order valence-electron chi connectivity index (χ1n) is 7.58. The van der Waals surface area contributed by atoms with Crippen molar-refractivity contribution >= 4 is 37.7 Å². The van der Waals surface area contributed by atoms with Gasteiger partial charge in [0.25, 0.3) is 0 Å². The summed E-state index contributed by atoms with van der Waals surface area (Å²) in [5.41, 5.74) is 5.62. The van der Waals surface area contributed by atoms with Gasteiger partial charge < -0.3 is 10.6 Å². The maximum atomic E-state index is 12.2. The Hall–Kier alpha value is -1.19. The highest BCUT2D eigenvalue weighted by molar-refractivity contribution is 9.10. The number of likely N-dealkylation sites (tertiary alicyclic amines) is 1. The number of hydrogen-bond acceptors (Lipinski definition) is 5. The molecule has 1 aromatic rings. The third kappa shape index (κ3) is 5.15. The van der Waals surface area contributed by atoms with Crippen molar-refractivity contribution in [2.24, 2.45) is 0 Å². The molecule has 0 atom stereocenters. The van der Waals surface area contributed by atoms with Crippen LogP contribution in [0.4, 0.5) is 5.82 Å². The van der Waals surface area contributed by atoms with Crippen LogP contribution in [0.3, 0.4) is 0 Å². The second kappa shape index (κ2) is 8.07. The zero-order valence-electron chi connectivity index (χ0n) is 12.8. The summed E-state index contributed by atoms with van der Waals surface area (Å²) in [5, 5.41) is 0. The van der Waals surface area contributed by atoms with E-state index in [0.29, 0.717) is 4.47 Å². The Bertz CT molecular complexity index is 658. The quantitative estimate of drug-likeness (QED) is 0.773. The van der Waals surface area contributed by atoms with Gasteiger partial charge in [0.15, 0.2) is 0 Å². The third-order valence-electron chi connectivity index (χ3n) is 3.73. The summed E-state index contributed by atoms with van der Waals surface area (Å²) in [4.78, 5) is 17.7. The topological polar surface area (TPSA) is 105 Å². The molecule has 2 heterocycles. The van der Waals surface area contributed by atoms with E-state index in [1.54, 1.807) is 0 Å². The lowest BCUT2D eigenvalue weighted by Crippen LogP contribution is -2.35. The number of aromatic nitrogens is 1. The van der Waals surface area contributed by atoms with Crippen LogP contribution >= 0.6 is 15.9 Å². The van der Waals surface area contributed by atoms with Gasteiger partial charge in [0.1, 0.15) is 10.7 Å². The van der Waals surface area contributed by atoms with E-state index in [-0.39, 0.29) is 29.6 Å². The molecule has 1 fully saturated rings. The maximum absolute atomic E-state index is 12.2. The van der Waals surface area contributed by atoms with E-state index >= 15 is 0 Å². The van der Waals surface area contributed by atoms with Gasteiger partial charge in [0, 0.05) is 36.7 Å². The number of nitrogens with two attached hydrogens (primary N) is 1. The van der Waals surface area contributed by atoms with Crippen LogP contribution in [-0.4, -0.2) is 43.8 Å². The summed E-state index contributed by atoms with van der Waals surface area (Å²) in [6, 6.07) is 1.39. The molecule has 1 aliphatic heterocycles. The molecule has 0 saturated carbocycles. The van der Waals surface area contributed by atoms with Gasteiger partial charge in [-0.05, 0) is 34.8 Å². The van der Waals surface area contributed by atoms with Gasteiger partial charge in [-0.15, -0.1) is 0 Å². The molecular weight excluding hydrogens is 384 g/mol. The Morgan fingerprint density at radius 1 is 1.30 bits per heavy atom. The lowest BCUT2D eigenvalue weighted by Gasteiger charge is -2.20. The Morgan fingerprint density at radius 3 is 2.61 bits per heavy atom. The number of anilines is 1. The number of carbonyl (C=O) groups excluding carboxylic acids is 1. The van der Waals surface area contributed by atoms with Crippen LogP contribution in [0.2, 0.25) is 0 Å². The van der Waals surface area contributed by atoms with Gasteiger partial charge in [0.2, 0.25) is 15.9 Å². The molecule has 1 aliphatic rings. The highest BCUT2D eigenvalue weighted by Crippen LogP contribution is 2.20. The summed E-state index contributed by atoms with van der Waals surface area (Å²) in [6.07, 6.45) is 5.88. The number of rotatable bonds is 5. The van der Waals surface area contributed by atoms with Crippen LogP contribution in [0.15, 0.2) is 21.6 Å². The molecule has 9 heteroatoms. The lowest BCUT2D eigenvalue weighted by molar-refractivity contribution is -0.130. The van der Waals surface area contributed by atoms with Gasteiger partial charge in [-0.3, -0.25) is 4.79 Å². The summed E-state index contributed by atoms with van der Waals surface area (Å²) >= 11 is 3.17. The van der Waals surface area contributed by atoms with Crippen molar-refractivity contribution < 1.29 is 13.2 Å². The normalized spacial score (nSPS) is 16.1. The van der Waals surface area contributed by atoms with Crippen molar-refractivity contribution in [3.05, 3.63) is 16.7 Å². The largest absolute Gasteiger partial charge is 0.383 e. The third-order valence-corrected chi connectivity index (χ3v) is 5.65. The smallest absolute Gasteiger partial charge is 0.244 e. The number of amides is 1. The predicted octanol–water partition coefficient (Wildman–Crippen LogP) is 1.50. The second-order valence-electron chi connectivity index (χ2n) is 5.48. The van der Waals surface area contributed by atoms with Crippen LogP contribution < -0.4 is 10.5 Å². The molecule has 2 rings (SSSR count). The maximum Gasteiger partial charge on any atom is 0.244 e.